The summed E-state index contributed by atoms with van der Waals surface area (Å²) in [7, 11) is 1.53. The minimum absolute atomic E-state index is 0.249. The smallest absolute Gasteiger partial charge is 0.282 e. The summed E-state index contributed by atoms with van der Waals surface area (Å²) in [6.45, 7) is 3.59. The van der Waals surface area contributed by atoms with Gasteiger partial charge < -0.3 is 4.90 Å². The van der Waals surface area contributed by atoms with E-state index in [1.165, 1.54) is 11.9 Å². The molecule has 0 bridgehead atoms. The summed E-state index contributed by atoms with van der Waals surface area (Å²) in [4.78, 5) is 23.8. The van der Waals surface area contributed by atoms with E-state index in [4.69, 9.17) is 0 Å². The Balaban J connectivity index is 3.26. The van der Waals surface area contributed by atoms with E-state index in [2.05, 4.69) is 15.9 Å². The standard InChI is InChI=1S/C12H14BrFN2O3/c1-12(2,7-13)15(3)11(17)9-6-8(14)4-5-10(9)16(18)19/h4-6H,7H2,1-3H3. The second kappa shape index (κ2) is 5.64. The average molecular weight is 333 g/mol. The number of nitro benzene ring substituents is 1. The molecule has 0 spiro atoms. The van der Waals surface area contributed by atoms with Gasteiger partial charge in [-0.05, 0) is 26.0 Å². The van der Waals surface area contributed by atoms with Crippen LogP contribution in [0.4, 0.5) is 10.1 Å². The molecule has 0 heterocycles. The van der Waals surface area contributed by atoms with Crippen molar-refractivity contribution in [3.8, 4) is 0 Å². The molecule has 0 aliphatic rings. The molecule has 0 radical (unpaired) electrons. The van der Waals surface area contributed by atoms with Crippen LogP contribution < -0.4 is 0 Å². The van der Waals surface area contributed by atoms with Crippen molar-refractivity contribution in [1.82, 2.24) is 4.90 Å². The number of benzene rings is 1. The van der Waals surface area contributed by atoms with Gasteiger partial charge in [0.1, 0.15) is 11.4 Å². The van der Waals surface area contributed by atoms with Crippen molar-refractivity contribution < 1.29 is 14.1 Å². The molecule has 104 valence electrons. The van der Waals surface area contributed by atoms with Crippen molar-refractivity contribution in [2.45, 2.75) is 19.4 Å². The lowest BCUT2D eigenvalue weighted by atomic mass is 10.0. The van der Waals surface area contributed by atoms with Crippen LogP contribution in [0.25, 0.3) is 0 Å². The summed E-state index contributed by atoms with van der Waals surface area (Å²) in [6, 6.07) is 2.85. The molecule has 0 fully saturated rings. The number of carbonyl (C=O) groups excluding carboxylic acids is 1. The number of amides is 1. The van der Waals surface area contributed by atoms with Crippen molar-refractivity contribution in [3.63, 3.8) is 0 Å². The Morgan fingerprint density at radius 3 is 2.58 bits per heavy atom. The average Bonchev–Trinajstić information content (AvgIpc) is 2.36. The Hall–Kier alpha value is -1.50. The minimum atomic E-state index is -0.693. The van der Waals surface area contributed by atoms with Crippen LogP contribution in [-0.4, -0.2) is 33.6 Å². The summed E-state index contributed by atoms with van der Waals surface area (Å²) in [5, 5.41) is 11.4. The fourth-order valence-electron chi connectivity index (χ4n) is 1.38. The molecule has 1 amide bonds. The predicted octanol–water partition coefficient (Wildman–Crippen LogP) is 2.98. The van der Waals surface area contributed by atoms with Gasteiger partial charge in [-0.3, -0.25) is 14.9 Å². The van der Waals surface area contributed by atoms with Crippen LogP contribution in [0.2, 0.25) is 0 Å². The zero-order valence-corrected chi connectivity index (χ0v) is 12.4. The third-order valence-corrected chi connectivity index (χ3v) is 4.30. The van der Waals surface area contributed by atoms with E-state index < -0.39 is 27.9 Å². The molecule has 0 atom stereocenters. The zero-order chi connectivity index (χ0) is 14.8. The largest absolute Gasteiger partial charge is 0.336 e. The first-order valence-electron chi connectivity index (χ1n) is 5.49. The fraction of sp³-hybridized carbons (Fsp3) is 0.417. The zero-order valence-electron chi connectivity index (χ0n) is 10.8. The van der Waals surface area contributed by atoms with Crippen LogP contribution in [0.1, 0.15) is 24.2 Å². The van der Waals surface area contributed by atoms with Gasteiger partial charge in [-0.1, -0.05) is 15.9 Å². The van der Waals surface area contributed by atoms with Gasteiger partial charge in [0, 0.05) is 24.0 Å². The topological polar surface area (TPSA) is 63.5 Å². The van der Waals surface area contributed by atoms with E-state index in [0.717, 1.165) is 18.2 Å². The van der Waals surface area contributed by atoms with Crippen LogP contribution in [0.15, 0.2) is 18.2 Å². The van der Waals surface area contributed by atoms with Gasteiger partial charge in [-0.15, -0.1) is 0 Å². The van der Waals surface area contributed by atoms with Crippen molar-refractivity contribution >= 4 is 27.5 Å². The lowest BCUT2D eigenvalue weighted by Gasteiger charge is -2.34. The van der Waals surface area contributed by atoms with Crippen LogP contribution in [0, 0.1) is 15.9 Å². The van der Waals surface area contributed by atoms with Crippen molar-refractivity contribution in [3.05, 3.63) is 39.7 Å². The Morgan fingerprint density at radius 1 is 1.53 bits per heavy atom. The molecule has 0 aromatic heterocycles. The van der Waals surface area contributed by atoms with Gasteiger partial charge in [0.2, 0.25) is 0 Å². The molecule has 5 nitrogen and oxygen atoms in total. The predicted molar refractivity (Wildman–Crippen MR) is 73.0 cm³/mol. The maximum atomic E-state index is 13.2. The van der Waals surface area contributed by atoms with E-state index in [1.807, 2.05) is 0 Å². The van der Waals surface area contributed by atoms with Crippen molar-refractivity contribution in [1.29, 1.82) is 0 Å². The monoisotopic (exact) mass is 332 g/mol. The first-order chi connectivity index (χ1) is 8.70. The Bertz CT molecular complexity index is 520. The number of rotatable bonds is 4. The fourth-order valence-corrected chi connectivity index (χ4v) is 1.76. The number of hydrogen-bond acceptors (Lipinski definition) is 3. The molecule has 0 aliphatic carbocycles. The van der Waals surface area contributed by atoms with E-state index in [1.54, 1.807) is 13.8 Å². The first kappa shape index (κ1) is 15.6. The van der Waals surface area contributed by atoms with Gasteiger partial charge in [-0.25, -0.2) is 4.39 Å². The summed E-state index contributed by atoms with van der Waals surface area (Å²) in [6.07, 6.45) is 0. The second-order valence-electron chi connectivity index (χ2n) is 4.73. The quantitative estimate of drug-likeness (QED) is 0.483. The van der Waals surface area contributed by atoms with Crippen LogP contribution in [-0.2, 0) is 0 Å². The summed E-state index contributed by atoms with van der Waals surface area (Å²) < 4.78 is 13.2. The summed E-state index contributed by atoms with van der Waals surface area (Å²) >= 11 is 3.27. The van der Waals surface area contributed by atoms with Crippen LogP contribution >= 0.6 is 15.9 Å². The number of hydrogen-bond donors (Lipinski definition) is 0. The molecule has 0 N–H and O–H groups in total. The lowest BCUT2D eigenvalue weighted by molar-refractivity contribution is -0.385. The van der Waals surface area contributed by atoms with Crippen LogP contribution in [0.3, 0.4) is 0 Å². The van der Waals surface area contributed by atoms with Gasteiger partial charge in [-0.2, -0.15) is 0 Å². The lowest BCUT2D eigenvalue weighted by Crippen LogP contribution is -2.46. The first-order valence-corrected chi connectivity index (χ1v) is 6.61. The summed E-state index contributed by atoms with van der Waals surface area (Å²) in [5.41, 5.74) is -1.19. The minimum Gasteiger partial charge on any atom is -0.336 e. The van der Waals surface area contributed by atoms with Gasteiger partial charge >= 0.3 is 0 Å². The SMILES string of the molecule is CN(C(=O)c1cc(F)ccc1[N+](=O)[O-])C(C)(C)CBr. The Kier molecular flexibility index (Phi) is 4.62. The molecule has 0 saturated heterocycles. The third-order valence-electron chi connectivity index (χ3n) is 2.93. The molecular weight excluding hydrogens is 319 g/mol. The highest BCUT2D eigenvalue weighted by molar-refractivity contribution is 9.09. The Morgan fingerprint density at radius 2 is 2.11 bits per heavy atom. The normalized spacial score (nSPS) is 11.2. The molecule has 0 aliphatic heterocycles. The molecule has 19 heavy (non-hydrogen) atoms. The molecule has 1 aromatic carbocycles. The highest BCUT2D eigenvalue weighted by atomic mass is 79.9. The summed E-state index contributed by atoms with van der Waals surface area (Å²) in [5.74, 6) is -1.27. The molecule has 1 aromatic rings. The third kappa shape index (κ3) is 3.28. The van der Waals surface area contributed by atoms with E-state index in [9.17, 15) is 19.3 Å². The number of carbonyl (C=O) groups is 1. The highest BCUT2D eigenvalue weighted by Crippen LogP contribution is 2.24. The van der Waals surface area contributed by atoms with Crippen LogP contribution in [0.5, 0.6) is 0 Å². The number of halogens is 2. The van der Waals surface area contributed by atoms with E-state index in [0.29, 0.717) is 5.33 Å². The van der Waals surface area contributed by atoms with Gasteiger partial charge in [0.05, 0.1) is 4.92 Å². The van der Waals surface area contributed by atoms with Crippen molar-refractivity contribution in [2.24, 2.45) is 0 Å². The van der Waals surface area contributed by atoms with Gasteiger partial charge in [0.25, 0.3) is 11.6 Å². The molecule has 7 heteroatoms. The highest BCUT2D eigenvalue weighted by Gasteiger charge is 2.31. The number of alkyl halides is 1. The van der Waals surface area contributed by atoms with Gasteiger partial charge in [0.15, 0.2) is 0 Å². The maximum Gasteiger partial charge on any atom is 0.282 e. The maximum absolute atomic E-state index is 13.2. The van der Waals surface area contributed by atoms with E-state index >= 15 is 0 Å². The number of nitro groups is 1. The van der Waals surface area contributed by atoms with Crippen molar-refractivity contribution in [2.75, 3.05) is 12.4 Å². The molecule has 0 saturated carbocycles. The second-order valence-corrected chi connectivity index (χ2v) is 5.29. The van der Waals surface area contributed by atoms with E-state index in [-0.39, 0.29) is 5.56 Å². The number of nitrogens with zero attached hydrogens (tertiary/aromatic N) is 2. The molecule has 1 rings (SSSR count). The molecular formula is C12H14BrFN2O3. The Labute approximate surface area is 118 Å². The molecule has 0 unspecified atom stereocenters.